The summed E-state index contributed by atoms with van der Waals surface area (Å²) < 4.78 is 16.5. The number of carbonyl (C=O) groups excluding carboxylic acids is 2. The number of phenols is 1. The number of aliphatic carboxylic acids is 1. The Morgan fingerprint density at radius 2 is 1.79 bits per heavy atom. The molecule has 6 bridgehead atoms. The van der Waals surface area contributed by atoms with E-state index in [1.165, 1.54) is 36.4 Å². The lowest BCUT2D eigenvalue weighted by Gasteiger charge is -2.44. The molecule has 0 saturated heterocycles. The number of carboxylic acid groups (broad SMARTS) is 1. The third-order valence-corrected chi connectivity index (χ3v) is 8.17. The molecule has 0 amide bonds. The van der Waals surface area contributed by atoms with E-state index < -0.39 is 47.9 Å². The zero-order valence-corrected chi connectivity index (χ0v) is 22.9. The van der Waals surface area contributed by atoms with Crippen LogP contribution in [0.5, 0.6) is 11.5 Å². The molecule has 0 fully saturated rings. The lowest BCUT2D eigenvalue weighted by molar-refractivity contribution is -0.180. The summed E-state index contributed by atoms with van der Waals surface area (Å²) in [5.74, 6) is -4.44. The second kappa shape index (κ2) is 11.7. The van der Waals surface area contributed by atoms with Crippen LogP contribution in [0.3, 0.4) is 0 Å². The van der Waals surface area contributed by atoms with E-state index in [4.69, 9.17) is 14.2 Å². The Morgan fingerprint density at radius 1 is 1.07 bits per heavy atom. The number of aliphatic hydroxyl groups is 3. The first-order valence-electron chi connectivity index (χ1n) is 13.7. The summed E-state index contributed by atoms with van der Waals surface area (Å²) in [4.78, 5) is 39.1. The van der Waals surface area contributed by atoms with Crippen molar-refractivity contribution in [2.24, 2.45) is 0 Å². The number of rotatable bonds is 7. The smallest absolute Gasteiger partial charge is 0.349 e. The molecule has 6 atom stereocenters. The Hall–Kier alpha value is -3.97. The second-order valence-corrected chi connectivity index (χ2v) is 11.0. The molecule has 12 heteroatoms. The van der Waals surface area contributed by atoms with Crippen molar-refractivity contribution >= 4 is 17.9 Å². The lowest BCUT2D eigenvalue weighted by Crippen LogP contribution is -2.56. The molecule has 42 heavy (non-hydrogen) atoms. The van der Waals surface area contributed by atoms with E-state index >= 15 is 0 Å². The minimum absolute atomic E-state index is 0.00345. The molecule has 2 aliphatic heterocycles. The SMILES string of the molecule is CN1CCCc2c3ccc(O)c2O[C@@H]2C[C@@](O)(CC=C2OC(=O)[C@H](O)[C@@H](O)C(=O)OC(C(=O)O)c2ccccc2)[C@H]1C3. The summed E-state index contributed by atoms with van der Waals surface area (Å²) in [7, 11) is 1.94. The number of likely N-dealkylation sites (N-methyl/N-ethyl adjacent to an activating group) is 1. The van der Waals surface area contributed by atoms with Gasteiger partial charge in [0.1, 0.15) is 5.76 Å². The van der Waals surface area contributed by atoms with Gasteiger partial charge in [-0.25, -0.2) is 14.4 Å². The molecule has 0 aromatic heterocycles. The van der Waals surface area contributed by atoms with E-state index in [9.17, 15) is 39.9 Å². The molecule has 1 aliphatic carbocycles. The van der Waals surface area contributed by atoms with E-state index in [0.717, 1.165) is 17.5 Å². The highest BCUT2D eigenvalue weighted by Crippen LogP contribution is 2.44. The maximum absolute atomic E-state index is 12.9. The number of ether oxygens (including phenoxy) is 3. The summed E-state index contributed by atoms with van der Waals surface area (Å²) in [6.45, 7) is 0.713. The quantitative estimate of drug-likeness (QED) is 0.292. The molecular formula is C30H33NO11. The molecule has 5 N–H and O–H groups in total. The average molecular weight is 584 g/mol. The molecule has 0 radical (unpaired) electrons. The van der Waals surface area contributed by atoms with E-state index in [1.807, 2.05) is 13.1 Å². The summed E-state index contributed by atoms with van der Waals surface area (Å²) in [5, 5.41) is 52.8. The maximum atomic E-state index is 12.9. The fraction of sp³-hybridized carbons (Fsp3) is 0.433. The normalized spacial score (nSPS) is 25.6. The highest BCUT2D eigenvalue weighted by atomic mass is 16.6. The zero-order chi connectivity index (χ0) is 30.2. The number of benzene rings is 2. The summed E-state index contributed by atoms with van der Waals surface area (Å²) in [6, 6.07) is 10.5. The molecule has 3 aliphatic rings. The number of hydrogen-bond acceptors (Lipinski definition) is 11. The van der Waals surface area contributed by atoms with Crippen LogP contribution >= 0.6 is 0 Å². The molecule has 0 spiro atoms. The van der Waals surface area contributed by atoms with Gasteiger partial charge in [-0.2, -0.15) is 0 Å². The standard InChI is InChI=1S/C30H33NO11/c1-31-13-5-8-18-17-9-10-19(32)26(18)40-21-15-30(39,22(31)14-17)12-11-20(21)41-28(37)23(33)24(34)29(38)42-25(27(35)36)16-6-3-2-4-7-16/h2-4,6-7,9-11,21-25,32-34,39H,5,8,12-15H2,1H3,(H,35,36)/t21-,22-,23-,24-,25?,30+/m1/s1. The van der Waals surface area contributed by atoms with E-state index in [2.05, 4.69) is 4.90 Å². The summed E-state index contributed by atoms with van der Waals surface area (Å²) in [5.41, 5.74) is 0.572. The molecule has 2 aromatic carbocycles. The molecule has 2 aromatic rings. The Labute approximate surface area is 241 Å². The highest BCUT2D eigenvalue weighted by Gasteiger charge is 2.48. The number of carboxylic acids is 1. The van der Waals surface area contributed by atoms with E-state index in [1.54, 1.807) is 6.07 Å². The van der Waals surface area contributed by atoms with Crippen LogP contribution in [0.1, 0.15) is 42.1 Å². The number of esters is 2. The van der Waals surface area contributed by atoms with Crippen LogP contribution in [0.25, 0.3) is 0 Å². The number of carbonyl (C=O) groups is 3. The minimum Gasteiger partial charge on any atom is -0.504 e. The molecule has 1 unspecified atom stereocenters. The average Bonchev–Trinajstić information content (AvgIpc) is 2.97. The number of aromatic hydroxyl groups is 1. The Bertz CT molecular complexity index is 1390. The summed E-state index contributed by atoms with van der Waals surface area (Å²) >= 11 is 0. The Balaban J connectivity index is 1.35. The van der Waals surface area contributed by atoms with Crippen molar-refractivity contribution in [2.75, 3.05) is 13.6 Å². The van der Waals surface area contributed by atoms with Gasteiger partial charge in [-0.15, -0.1) is 0 Å². The van der Waals surface area contributed by atoms with Gasteiger partial charge in [-0.3, -0.25) is 0 Å². The van der Waals surface area contributed by atoms with Gasteiger partial charge in [0.25, 0.3) is 0 Å². The Morgan fingerprint density at radius 3 is 2.50 bits per heavy atom. The van der Waals surface area contributed by atoms with E-state index in [0.29, 0.717) is 19.4 Å². The van der Waals surface area contributed by atoms with Crippen molar-refractivity contribution in [2.45, 2.75) is 68.2 Å². The van der Waals surface area contributed by atoms with Crippen LogP contribution in [0.4, 0.5) is 0 Å². The number of nitrogens with zero attached hydrogens (tertiary/aromatic N) is 1. The van der Waals surface area contributed by atoms with Gasteiger partial charge in [-0.05, 0) is 57.0 Å². The van der Waals surface area contributed by atoms with Gasteiger partial charge in [0.15, 0.2) is 29.8 Å². The number of hydrogen-bond donors (Lipinski definition) is 5. The van der Waals surface area contributed by atoms with Crippen molar-refractivity contribution in [3.05, 3.63) is 71.0 Å². The minimum atomic E-state index is -2.45. The predicted molar refractivity (Wildman–Crippen MR) is 144 cm³/mol. The van der Waals surface area contributed by atoms with Gasteiger partial charge >= 0.3 is 17.9 Å². The predicted octanol–water partition coefficient (Wildman–Crippen LogP) is 0.985. The third kappa shape index (κ3) is 5.71. The largest absolute Gasteiger partial charge is 0.504 e. The molecule has 12 nitrogen and oxygen atoms in total. The molecule has 5 rings (SSSR count). The number of phenolic OH excluding ortho intramolecular Hbond substituents is 1. The van der Waals surface area contributed by atoms with Crippen LogP contribution in [0.15, 0.2) is 54.3 Å². The zero-order valence-electron chi connectivity index (χ0n) is 22.9. The van der Waals surface area contributed by atoms with Gasteiger partial charge in [0.05, 0.1) is 5.60 Å². The van der Waals surface area contributed by atoms with Crippen LogP contribution in [0, 0.1) is 0 Å². The van der Waals surface area contributed by atoms with Crippen LogP contribution in [0.2, 0.25) is 0 Å². The van der Waals surface area contributed by atoms with Gasteiger partial charge < -0.3 is 44.6 Å². The first-order chi connectivity index (χ1) is 20.0. The van der Waals surface area contributed by atoms with Crippen molar-refractivity contribution in [1.82, 2.24) is 4.90 Å². The second-order valence-electron chi connectivity index (χ2n) is 11.0. The number of fused-ring (bicyclic) bond motifs is 4. The van der Waals surface area contributed by atoms with Crippen molar-refractivity contribution in [1.29, 1.82) is 0 Å². The molecule has 0 saturated carbocycles. The summed E-state index contributed by atoms with van der Waals surface area (Å²) in [6.07, 6.45) is -4.27. The van der Waals surface area contributed by atoms with Crippen LogP contribution in [-0.2, 0) is 36.7 Å². The lowest BCUT2D eigenvalue weighted by atomic mass is 9.77. The Kier molecular flexibility index (Phi) is 8.24. The topological polar surface area (TPSA) is 183 Å². The van der Waals surface area contributed by atoms with Gasteiger partial charge in [-0.1, -0.05) is 36.4 Å². The number of aliphatic hydroxyl groups excluding tert-OH is 2. The van der Waals surface area contributed by atoms with Gasteiger partial charge in [0, 0.05) is 23.6 Å². The van der Waals surface area contributed by atoms with Crippen molar-refractivity contribution < 1.29 is 54.1 Å². The third-order valence-electron chi connectivity index (χ3n) is 8.17. The molecule has 224 valence electrons. The fourth-order valence-corrected chi connectivity index (χ4v) is 5.92. The van der Waals surface area contributed by atoms with Crippen LogP contribution in [-0.4, -0.2) is 91.9 Å². The molecule has 2 heterocycles. The van der Waals surface area contributed by atoms with E-state index in [-0.39, 0.29) is 41.7 Å². The fourth-order valence-electron chi connectivity index (χ4n) is 5.92. The van der Waals surface area contributed by atoms with Crippen LogP contribution < -0.4 is 4.74 Å². The first kappa shape index (κ1) is 29.5. The monoisotopic (exact) mass is 583 g/mol. The van der Waals surface area contributed by atoms with Crippen molar-refractivity contribution in [3.63, 3.8) is 0 Å². The maximum Gasteiger partial charge on any atom is 0.349 e. The van der Waals surface area contributed by atoms with Gasteiger partial charge in [0.2, 0.25) is 6.10 Å². The molecular weight excluding hydrogens is 550 g/mol. The first-order valence-corrected chi connectivity index (χ1v) is 13.7. The highest BCUT2D eigenvalue weighted by molar-refractivity contribution is 5.87. The van der Waals surface area contributed by atoms with Crippen molar-refractivity contribution in [3.8, 4) is 11.5 Å².